The number of hydrogen-bond acceptors (Lipinski definition) is 6. The fourth-order valence-electron chi connectivity index (χ4n) is 3.16. The summed E-state index contributed by atoms with van der Waals surface area (Å²) in [6.07, 6.45) is 0. The van der Waals surface area contributed by atoms with E-state index >= 15 is 0 Å². The summed E-state index contributed by atoms with van der Waals surface area (Å²) in [6, 6.07) is 15.2. The number of nitrogens with zero attached hydrogens (tertiary/aromatic N) is 3. The van der Waals surface area contributed by atoms with Crippen LogP contribution in [0.5, 0.6) is 5.75 Å². The summed E-state index contributed by atoms with van der Waals surface area (Å²) in [5.41, 5.74) is 6.25. The van der Waals surface area contributed by atoms with Crippen molar-refractivity contribution < 1.29 is 9.53 Å². The highest BCUT2D eigenvalue weighted by Crippen LogP contribution is 2.37. The van der Waals surface area contributed by atoms with Crippen molar-refractivity contribution >= 4 is 23.4 Å². The number of methoxy groups -OCH3 is 1. The number of hydrogen-bond donors (Lipinski definition) is 2. The van der Waals surface area contributed by atoms with Gasteiger partial charge in [-0.2, -0.15) is 0 Å². The fraction of sp³-hybridized carbons (Fsp3) is 0.250. The van der Waals surface area contributed by atoms with Crippen LogP contribution in [0.3, 0.4) is 0 Å². The summed E-state index contributed by atoms with van der Waals surface area (Å²) < 4.78 is 7.08. The van der Waals surface area contributed by atoms with Gasteiger partial charge in [0.25, 0.3) is 0 Å². The van der Waals surface area contributed by atoms with Gasteiger partial charge >= 0.3 is 0 Å². The van der Waals surface area contributed by atoms with Crippen LogP contribution >= 0.6 is 11.8 Å². The molecule has 2 atom stereocenters. The van der Waals surface area contributed by atoms with E-state index in [1.165, 1.54) is 11.8 Å². The van der Waals surface area contributed by atoms with E-state index in [1.807, 2.05) is 67.1 Å². The summed E-state index contributed by atoms with van der Waals surface area (Å²) in [6.45, 7) is 3.88. The van der Waals surface area contributed by atoms with Gasteiger partial charge in [0.15, 0.2) is 0 Å². The Balaban J connectivity index is 1.65. The van der Waals surface area contributed by atoms with Crippen molar-refractivity contribution in [2.75, 3.05) is 17.9 Å². The fourth-order valence-corrected chi connectivity index (χ4v) is 4.28. The van der Waals surface area contributed by atoms with Crippen LogP contribution < -0.4 is 15.5 Å². The maximum atomic E-state index is 13.1. The molecule has 0 fully saturated rings. The van der Waals surface area contributed by atoms with Crippen molar-refractivity contribution in [1.29, 1.82) is 0 Å². The molecule has 0 spiro atoms. The van der Waals surface area contributed by atoms with Crippen LogP contribution in [-0.4, -0.2) is 33.1 Å². The second-order valence-corrected chi connectivity index (χ2v) is 7.75. The number of ether oxygens (including phenoxy) is 1. The summed E-state index contributed by atoms with van der Waals surface area (Å²) in [7, 11) is 1.63. The van der Waals surface area contributed by atoms with Gasteiger partial charge in [-0.3, -0.25) is 4.79 Å². The molecule has 1 aliphatic heterocycles. The number of rotatable bonds is 4. The highest BCUT2D eigenvalue weighted by molar-refractivity contribution is 8.00. The van der Waals surface area contributed by atoms with E-state index in [4.69, 9.17) is 4.74 Å². The molecule has 144 valence electrons. The van der Waals surface area contributed by atoms with Gasteiger partial charge in [-0.25, -0.2) is 4.68 Å². The first-order valence-corrected chi connectivity index (χ1v) is 9.80. The molecule has 2 aromatic carbocycles. The van der Waals surface area contributed by atoms with Crippen LogP contribution in [0.15, 0.2) is 53.7 Å². The summed E-state index contributed by atoms with van der Waals surface area (Å²) >= 11 is 1.41. The topological polar surface area (TPSA) is 81.1 Å². The molecular formula is C20H21N5O2S. The number of nitrogens with one attached hydrogen (secondary N) is 2. The van der Waals surface area contributed by atoms with Crippen LogP contribution in [0.25, 0.3) is 0 Å². The molecule has 2 N–H and O–H groups in total. The van der Waals surface area contributed by atoms with Gasteiger partial charge in [0, 0.05) is 5.69 Å². The zero-order chi connectivity index (χ0) is 19.7. The quantitative estimate of drug-likeness (QED) is 0.706. The van der Waals surface area contributed by atoms with E-state index in [1.54, 1.807) is 7.11 Å². The second-order valence-electron chi connectivity index (χ2n) is 6.64. The van der Waals surface area contributed by atoms with Crippen molar-refractivity contribution in [3.05, 3.63) is 65.5 Å². The average molecular weight is 395 g/mol. The first-order valence-electron chi connectivity index (χ1n) is 8.92. The Bertz CT molecular complexity index is 1000. The second kappa shape index (κ2) is 7.55. The maximum Gasteiger partial charge on any atom is 0.240 e. The largest absolute Gasteiger partial charge is 0.497 e. The summed E-state index contributed by atoms with van der Waals surface area (Å²) in [5.74, 6) is 1.43. The number of benzene rings is 2. The number of carbonyl (C=O) groups excluding carboxylic acids is 1. The van der Waals surface area contributed by atoms with Crippen molar-refractivity contribution in [2.45, 2.75) is 30.3 Å². The first kappa shape index (κ1) is 18.4. The smallest absolute Gasteiger partial charge is 0.240 e. The number of anilines is 1. The van der Waals surface area contributed by atoms with Crippen molar-refractivity contribution in [2.24, 2.45) is 0 Å². The molecule has 1 aromatic heterocycles. The molecule has 1 amide bonds. The maximum absolute atomic E-state index is 13.1. The van der Waals surface area contributed by atoms with Crippen LogP contribution in [-0.2, 0) is 4.79 Å². The van der Waals surface area contributed by atoms with Crippen LogP contribution in [0, 0.1) is 13.8 Å². The number of amides is 1. The molecule has 1 aliphatic rings. The number of aromatic nitrogens is 3. The molecule has 3 aromatic rings. The predicted molar refractivity (Wildman–Crippen MR) is 109 cm³/mol. The first-order chi connectivity index (χ1) is 13.5. The van der Waals surface area contributed by atoms with Crippen molar-refractivity contribution in [3.8, 4) is 5.75 Å². The predicted octanol–water partition coefficient (Wildman–Crippen LogP) is 3.30. The lowest BCUT2D eigenvalue weighted by atomic mass is 10.0. The standard InChI is InChI=1S/C20H21N5O2S/c1-12-5-4-6-15(11-12)21-19(26)18-17(14-7-9-16(27-3)10-8-14)24-25-13(2)22-23-20(25)28-18/h4-11,17-18,24H,1-3H3,(H,21,26). The lowest BCUT2D eigenvalue weighted by molar-refractivity contribution is -0.116. The third-order valence-corrected chi connectivity index (χ3v) is 5.83. The molecule has 0 radical (unpaired) electrons. The number of fused-ring (bicyclic) bond motifs is 1. The molecule has 4 rings (SSSR count). The highest BCUT2D eigenvalue weighted by Gasteiger charge is 2.37. The van der Waals surface area contributed by atoms with Gasteiger partial charge in [-0.05, 0) is 49.2 Å². The van der Waals surface area contributed by atoms with Crippen LogP contribution in [0.4, 0.5) is 5.69 Å². The molecule has 8 heteroatoms. The minimum absolute atomic E-state index is 0.0872. The van der Waals surface area contributed by atoms with Gasteiger partial charge in [0.1, 0.15) is 16.8 Å². The van der Waals surface area contributed by atoms with Gasteiger partial charge in [0.2, 0.25) is 11.1 Å². The van der Waals surface area contributed by atoms with E-state index in [0.717, 1.165) is 28.4 Å². The van der Waals surface area contributed by atoms with Crippen molar-refractivity contribution in [3.63, 3.8) is 0 Å². The zero-order valence-corrected chi connectivity index (χ0v) is 16.7. The van der Waals surface area contributed by atoms with Crippen LogP contribution in [0.1, 0.15) is 23.0 Å². The molecule has 7 nitrogen and oxygen atoms in total. The molecule has 2 unspecified atom stereocenters. The highest BCUT2D eigenvalue weighted by atomic mass is 32.2. The Morgan fingerprint density at radius 1 is 1.18 bits per heavy atom. The van der Waals surface area contributed by atoms with E-state index in [0.29, 0.717) is 5.16 Å². The monoisotopic (exact) mass is 395 g/mol. The molecule has 0 saturated carbocycles. The molecule has 2 heterocycles. The third-order valence-electron chi connectivity index (χ3n) is 4.62. The Morgan fingerprint density at radius 3 is 2.68 bits per heavy atom. The lowest BCUT2D eigenvalue weighted by Crippen LogP contribution is -2.41. The van der Waals surface area contributed by atoms with Gasteiger partial charge < -0.3 is 15.5 Å². The molecular weight excluding hydrogens is 374 g/mol. The normalized spacial score (nSPS) is 18.1. The third kappa shape index (κ3) is 3.55. The van der Waals surface area contributed by atoms with Crippen molar-refractivity contribution in [1.82, 2.24) is 14.9 Å². The summed E-state index contributed by atoms with van der Waals surface area (Å²) in [4.78, 5) is 13.1. The molecule has 0 aliphatic carbocycles. The lowest BCUT2D eigenvalue weighted by Gasteiger charge is -2.32. The Hall–Kier alpha value is -3.00. The zero-order valence-electron chi connectivity index (χ0n) is 15.8. The molecule has 28 heavy (non-hydrogen) atoms. The van der Waals surface area contributed by atoms with Gasteiger partial charge in [0.05, 0.1) is 13.2 Å². The van der Waals surface area contributed by atoms with Gasteiger partial charge in [-0.15, -0.1) is 10.2 Å². The average Bonchev–Trinajstić information content (AvgIpc) is 3.07. The van der Waals surface area contributed by atoms with E-state index in [-0.39, 0.29) is 11.9 Å². The van der Waals surface area contributed by atoms with E-state index < -0.39 is 5.25 Å². The minimum atomic E-state index is -0.412. The van der Waals surface area contributed by atoms with E-state index in [2.05, 4.69) is 20.9 Å². The Morgan fingerprint density at radius 2 is 1.96 bits per heavy atom. The Kier molecular flexibility index (Phi) is 4.95. The Labute approximate surface area is 167 Å². The molecule has 0 saturated heterocycles. The molecule has 0 bridgehead atoms. The van der Waals surface area contributed by atoms with Gasteiger partial charge in [-0.1, -0.05) is 36.0 Å². The SMILES string of the molecule is COc1ccc(C2Nn3c(C)nnc3SC2C(=O)Nc2cccc(C)c2)cc1. The minimum Gasteiger partial charge on any atom is -0.497 e. The van der Waals surface area contributed by atoms with Crippen LogP contribution in [0.2, 0.25) is 0 Å². The number of aryl methyl sites for hydroxylation is 2. The van der Waals surface area contributed by atoms with E-state index in [9.17, 15) is 4.79 Å². The number of carbonyl (C=O) groups is 1. The number of thioether (sulfide) groups is 1. The summed E-state index contributed by atoms with van der Waals surface area (Å²) in [5, 5.41) is 11.6.